The zero-order valence-corrected chi connectivity index (χ0v) is 18.5. The van der Waals surface area contributed by atoms with Crippen LogP contribution in [0.4, 0.5) is 0 Å². The van der Waals surface area contributed by atoms with Gasteiger partial charge < -0.3 is 10.1 Å². The molecule has 0 saturated heterocycles. The second-order valence-electron chi connectivity index (χ2n) is 7.78. The lowest BCUT2D eigenvalue weighted by Crippen LogP contribution is -2.29. The molecule has 0 aliphatic carbocycles. The first-order chi connectivity index (χ1) is 16.1. The zero-order valence-electron chi connectivity index (χ0n) is 18.5. The van der Waals surface area contributed by atoms with Crippen LogP contribution in [0.2, 0.25) is 0 Å². The van der Waals surface area contributed by atoms with E-state index in [4.69, 9.17) is 4.74 Å². The normalized spacial score (nSPS) is 15.1. The number of hydrogen-bond acceptors (Lipinski definition) is 5. The van der Waals surface area contributed by atoms with Crippen molar-refractivity contribution in [3.8, 4) is 5.75 Å². The Hall–Kier alpha value is -4.00. The van der Waals surface area contributed by atoms with Crippen LogP contribution >= 0.6 is 0 Å². The molecule has 1 unspecified atom stereocenters. The van der Waals surface area contributed by atoms with E-state index in [0.717, 1.165) is 28.2 Å². The SMILES string of the molecule is COc1ccc(C2CC(c3ccccc3)=NN2C(=O)CCC(=O)NCc2ccncc2)cc1. The Morgan fingerprint density at radius 2 is 1.73 bits per heavy atom. The van der Waals surface area contributed by atoms with Gasteiger partial charge in [0.15, 0.2) is 0 Å². The maximum Gasteiger partial charge on any atom is 0.243 e. The van der Waals surface area contributed by atoms with Crippen molar-refractivity contribution in [3.63, 3.8) is 0 Å². The Morgan fingerprint density at radius 3 is 2.42 bits per heavy atom. The molecular weight excluding hydrogens is 416 g/mol. The molecule has 2 amide bonds. The second kappa shape index (κ2) is 10.5. The van der Waals surface area contributed by atoms with E-state index in [1.165, 1.54) is 5.01 Å². The minimum atomic E-state index is -0.224. The first-order valence-corrected chi connectivity index (χ1v) is 10.9. The molecule has 168 valence electrons. The van der Waals surface area contributed by atoms with Gasteiger partial charge in [0.2, 0.25) is 11.8 Å². The number of amides is 2. The van der Waals surface area contributed by atoms with Gasteiger partial charge in [0.1, 0.15) is 5.75 Å². The van der Waals surface area contributed by atoms with E-state index in [1.807, 2.05) is 66.7 Å². The summed E-state index contributed by atoms with van der Waals surface area (Å²) in [5.41, 5.74) is 3.77. The summed E-state index contributed by atoms with van der Waals surface area (Å²) in [7, 11) is 1.62. The molecule has 0 spiro atoms. The van der Waals surface area contributed by atoms with E-state index in [2.05, 4.69) is 15.4 Å². The van der Waals surface area contributed by atoms with Crippen molar-refractivity contribution in [1.29, 1.82) is 0 Å². The molecule has 0 saturated carbocycles. The minimum absolute atomic E-state index is 0.0837. The van der Waals surface area contributed by atoms with Gasteiger partial charge in [-0.3, -0.25) is 14.6 Å². The van der Waals surface area contributed by atoms with E-state index >= 15 is 0 Å². The lowest BCUT2D eigenvalue weighted by Gasteiger charge is -2.22. The van der Waals surface area contributed by atoms with Gasteiger partial charge in [-0.2, -0.15) is 5.10 Å². The standard InChI is InChI=1S/C26H26N4O3/c1-33-22-9-7-21(8-10-22)24-17-23(20-5-3-2-4-6-20)29-30(24)26(32)12-11-25(31)28-18-19-13-15-27-16-14-19/h2-10,13-16,24H,11-12,17-18H2,1H3,(H,28,31). The zero-order chi connectivity index (χ0) is 23.0. The van der Waals surface area contributed by atoms with E-state index < -0.39 is 0 Å². The van der Waals surface area contributed by atoms with Crippen LogP contribution in [-0.4, -0.2) is 34.6 Å². The average molecular weight is 443 g/mol. The van der Waals surface area contributed by atoms with Gasteiger partial charge in [0.25, 0.3) is 0 Å². The van der Waals surface area contributed by atoms with Crippen molar-refractivity contribution in [2.75, 3.05) is 7.11 Å². The van der Waals surface area contributed by atoms with E-state index in [1.54, 1.807) is 19.5 Å². The van der Waals surface area contributed by atoms with Crippen molar-refractivity contribution in [1.82, 2.24) is 15.3 Å². The molecular formula is C26H26N4O3. The molecule has 2 heterocycles. The number of methoxy groups -OCH3 is 1. The van der Waals surface area contributed by atoms with Crippen LogP contribution in [0.3, 0.4) is 0 Å². The highest BCUT2D eigenvalue weighted by Crippen LogP contribution is 2.34. The molecule has 3 aromatic rings. The van der Waals surface area contributed by atoms with Crippen LogP contribution in [0.15, 0.2) is 84.2 Å². The van der Waals surface area contributed by atoms with E-state index in [0.29, 0.717) is 13.0 Å². The van der Waals surface area contributed by atoms with Crippen molar-refractivity contribution < 1.29 is 14.3 Å². The predicted octanol–water partition coefficient (Wildman–Crippen LogP) is 3.86. The molecule has 2 aromatic carbocycles. The molecule has 0 radical (unpaired) electrons. The summed E-state index contributed by atoms with van der Waals surface area (Å²) >= 11 is 0. The fourth-order valence-corrected chi connectivity index (χ4v) is 3.76. The fourth-order valence-electron chi connectivity index (χ4n) is 3.76. The average Bonchev–Trinajstić information content (AvgIpc) is 3.33. The lowest BCUT2D eigenvalue weighted by molar-refractivity contribution is -0.135. The highest BCUT2D eigenvalue weighted by Gasteiger charge is 2.33. The Morgan fingerprint density at radius 1 is 1.00 bits per heavy atom. The number of nitrogens with one attached hydrogen (secondary N) is 1. The fraction of sp³-hybridized carbons (Fsp3) is 0.231. The number of rotatable bonds is 8. The highest BCUT2D eigenvalue weighted by molar-refractivity contribution is 6.03. The molecule has 0 bridgehead atoms. The molecule has 33 heavy (non-hydrogen) atoms. The Balaban J connectivity index is 1.44. The smallest absolute Gasteiger partial charge is 0.243 e. The predicted molar refractivity (Wildman–Crippen MR) is 125 cm³/mol. The van der Waals surface area contributed by atoms with E-state index in [-0.39, 0.29) is 30.7 Å². The number of aromatic nitrogens is 1. The van der Waals surface area contributed by atoms with Gasteiger partial charge in [-0.25, -0.2) is 5.01 Å². The topological polar surface area (TPSA) is 83.9 Å². The number of carbonyl (C=O) groups excluding carboxylic acids is 2. The Kier molecular flexibility index (Phi) is 7.09. The first-order valence-electron chi connectivity index (χ1n) is 10.9. The summed E-state index contributed by atoms with van der Waals surface area (Å²) in [5.74, 6) is 0.401. The van der Waals surface area contributed by atoms with E-state index in [9.17, 15) is 9.59 Å². The van der Waals surface area contributed by atoms with Gasteiger partial charge >= 0.3 is 0 Å². The van der Waals surface area contributed by atoms with Crippen LogP contribution in [0, 0.1) is 0 Å². The van der Waals surface area contributed by atoms with Crippen molar-refractivity contribution in [2.24, 2.45) is 5.10 Å². The van der Waals surface area contributed by atoms with Crippen LogP contribution < -0.4 is 10.1 Å². The maximum atomic E-state index is 13.1. The number of carbonyl (C=O) groups is 2. The highest BCUT2D eigenvalue weighted by atomic mass is 16.5. The first kappa shape index (κ1) is 22.2. The molecule has 1 aliphatic rings. The molecule has 1 aliphatic heterocycles. The molecule has 0 fully saturated rings. The molecule has 1 aromatic heterocycles. The Bertz CT molecular complexity index is 1120. The number of pyridine rings is 1. The van der Waals surface area contributed by atoms with Crippen molar-refractivity contribution >= 4 is 17.5 Å². The van der Waals surface area contributed by atoms with Crippen LogP contribution in [0.5, 0.6) is 5.75 Å². The number of benzene rings is 2. The van der Waals surface area contributed by atoms with Gasteiger partial charge in [-0.05, 0) is 41.0 Å². The third-order valence-electron chi connectivity index (χ3n) is 5.58. The second-order valence-corrected chi connectivity index (χ2v) is 7.78. The number of ether oxygens (including phenoxy) is 1. The molecule has 7 heteroatoms. The molecule has 4 rings (SSSR count). The summed E-state index contributed by atoms with van der Waals surface area (Å²) in [5, 5.41) is 9.04. The molecule has 1 atom stereocenters. The largest absolute Gasteiger partial charge is 0.497 e. The number of hydrazone groups is 1. The minimum Gasteiger partial charge on any atom is -0.497 e. The third-order valence-corrected chi connectivity index (χ3v) is 5.58. The van der Waals surface area contributed by atoms with Crippen LogP contribution in [0.25, 0.3) is 0 Å². The quantitative estimate of drug-likeness (QED) is 0.574. The Labute approximate surface area is 193 Å². The van der Waals surface area contributed by atoms with Gasteiger partial charge in [0.05, 0.1) is 18.9 Å². The van der Waals surface area contributed by atoms with Gasteiger partial charge in [-0.1, -0.05) is 42.5 Å². The van der Waals surface area contributed by atoms with Crippen LogP contribution in [-0.2, 0) is 16.1 Å². The summed E-state index contributed by atoms with van der Waals surface area (Å²) in [6, 6.07) is 21.0. The summed E-state index contributed by atoms with van der Waals surface area (Å²) in [4.78, 5) is 29.4. The summed E-state index contributed by atoms with van der Waals surface area (Å²) in [6.45, 7) is 0.407. The third kappa shape index (κ3) is 5.63. The molecule has 1 N–H and O–H groups in total. The van der Waals surface area contributed by atoms with Gasteiger partial charge in [0, 0.05) is 38.2 Å². The van der Waals surface area contributed by atoms with Crippen molar-refractivity contribution in [2.45, 2.75) is 31.8 Å². The monoisotopic (exact) mass is 442 g/mol. The maximum absolute atomic E-state index is 13.1. The molecule has 7 nitrogen and oxygen atoms in total. The summed E-state index contributed by atoms with van der Waals surface area (Å²) < 4.78 is 5.26. The lowest BCUT2D eigenvalue weighted by atomic mass is 9.98. The number of hydrogen-bond donors (Lipinski definition) is 1. The van der Waals surface area contributed by atoms with Gasteiger partial charge in [-0.15, -0.1) is 0 Å². The van der Waals surface area contributed by atoms with Crippen molar-refractivity contribution in [3.05, 3.63) is 95.8 Å². The summed E-state index contributed by atoms with van der Waals surface area (Å²) in [6.07, 6.45) is 4.16. The number of nitrogens with zero attached hydrogens (tertiary/aromatic N) is 3. The van der Waals surface area contributed by atoms with Crippen LogP contribution in [0.1, 0.15) is 42.0 Å².